The van der Waals surface area contributed by atoms with E-state index in [9.17, 15) is 0 Å². The molecule has 2 heteroatoms. The van der Waals surface area contributed by atoms with Gasteiger partial charge in [0.2, 0.25) is 0 Å². The molecule has 2 rings (SSSR count). The molecule has 0 nitrogen and oxygen atoms in total. The molecule has 0 amide bonds. The van der Waals surface area contributed by atoms with E-state index in [0.717, 1.165) is 5.33 Å². The SMILES string of the molecule is BrCC1(c2cccs2)CCCC1. The van der Waals surface area contributed by atoms with Crippen LogP contribution in [-0.4, -0.2) is 5.33 Å². The zero-order valence-electron chi connectivity index (χ0n) is 7.05. The molecule has 1 aliphatic carbocycles. The van der Waals surface area contributed by atoms with Crippen LogP contribution >= 0.6 is 27.3 Å². The number of thiophene rings is 1. The first-order valence-corrected chi connectivity index (χ1v) is 6.47. The van der Waals surface area contributed by atoms with Gasteiger partial charge >= 0.3 is 0 Å². The van der Waals surface area contributed by atoms with Crippen molar-refractivity contribution in [3.05, 3.63) is 22.4 Å². The highest BCUT2D eigenvalue weighted by Gasteiger charge is 2.35. The van der Waals surface area contributed by atoms with Gasteiger partial charge in [-0.25, -0.2) is 0 Å². The van der Waals surface area contributed by atoms with E-state index >= 15 is 0 Å². The second-order valence-electron chi connectivity index (χ2n) is 3.60. The Morgan fingerprint density at radius 1 is 1.42 bits per heavy atom. The van der Waals surface area contributed by atoms with Crippen molar-refractivity contribution >= 4 is 27.3 Å². The van der Waals surface area contributed by atoms with Crippen LogP contribution in [0.4, 0.5) is 0 Å². The molecule has 0 radical (unpaired) electrons. The number of hydrogen-bond donors (Lipinski definition) is 0. The predicted octanol–water partition coefficient (Wildman–Crippen LogP) is 3.95. The summed E-state index contributed by atoms with van der Waals surface area (Å²) in [5, 5.41) is 3.33. The van der Waals surface area contributed by atoms with Crippen molar-refractivity contribution < 1.29 is 0 Å². The fourth-order valence-electron chi connectivity index (χ4n) is 2.08. The maximum atomic E-state index is 3.66. The van der Waals surface area contributed by atoms with Crippen LogP contribution in [0.5, 0.6) is 0 Å². The number of hydrogen-bond acceptors (Lipinski definition) is 1. The van der Waals surface area contributed by atoms with E-state index in [1.807, 2.05) is 11.3 Å². The van der Waals surface area contributed by atoms with Gasteiger partial charge in [-0.05, 0) is 24.3 Å². The van der Waals surface area contributed by atoms with Crippen molar-refractivity contribution in [1.29, 1.82) is 0 Å². The molecule has 0 N–H and O–H groups in total. The Balaban J connectivity index is 2.28. The molecule has 0 saturated heterocycles. The van der Waals surface area contributed by atoms with E-state index in [1.54, 1.807) is 4.88 Å². The molecule has 1 fully saturated rings. The first kappa shape index (κ1) is 8.76. The standard InChI is InChI=1S/C10H13BrS/c11-8-10(5-1-2-6-10)9-4-3-7-12-9/h3-4,7H,1-2,5-6,8H2. The largest absolute Gasteiger partial charge is 0.148 e. The monoisotopic (exact) mass is 244 g/mol. The van der Waals surface area contributed by atoms with Crippen LogP contribution < -0.4 is 0 Å². The Morgan fingerprint density at radius 3 is 2.67 bits per heavy atom. The molecule has 0 unspecified atom stereocenters. The van der Waals surface area contributed by atoms with E-state index in [4.69, 9.17) is 0 Å². The molecule has 0 aliphatic heterocycles. The quantitative estimate of drug-likeness (QED) is 0.692. The maximum Gasteiger partial charge on any atom is 0.0144 e. The summed E-state index contributed by atoms with van der Waals surface area (Å²) in [6, 6.07) is 4.46. The first-order chi connectivity index (χ1) is 5.87. The second kappa shape index (κ2) is 3.51. The Bertz CT molecular complexity index is 234. The topological polar surface area (TPSA) is 0 Å². The average molecular weight is 245 g/mol. The van der Waals surface area contributed by atoms with Gasteiger partial charge in [-0.15, -0.1) is 11.3 Å². The number of halogens is 1. The fraction of sp³-hybridized carbons (Fsp3) is 0.600. The summed E-state index contributed by atoms with van der Waals surface area (Å²) in [6.07, 6.45) is 5.56. The van der Waals surface area contributed by atoms with E-state index in [-0.39, 0.29) is 0 Å². The Labute approximate surface area is 86.1 Å². The molecule has 0 aromatic carbocycles. The van der Waals surface area contributed by atoms with Crippen molar-refractivity contribution in [1.82, 2.24) is 0 Å². The second-order valence-corrected chi connectivity index (χ2v) is 5.11. The minimum atomic E-state index is 0.494. The highest BCUT2D eigenvalue weighted by atomic mass is 79.9. The first-order valence-electron chi connectivity index (χ1n) is 4.47. The molecule has 0 spiro atoms. The number of alkyl halides is 1. The molecule has 1 aliphatic rings. The lowest BCUT2D eigenvalue weighted by atomic mass is 9.87. The summed E-state index contributed by atoms with van der Waals surface area (Å²) < 4.78 is 0. The van der Waals surface area contributed by atoms with Crippen LogP contribution in [0.3, 0.4) is 0 Å². The third-order valence-corrected chi connectivity index (χ3v) is 5.05. The van der Waals surface area contributed by atoms with E-state index < -0.39 is 0 Å². The Morgan fingerprint density at radius 2 is 2.17 bits per heavy atom. The van der Waals surface area contributed by atoms with Gasteiger partial charge in [0.25, 0.3) is 0 Å². The minimum absolute atomic E-state index is 0.494. The highest BCUT2D eigenvalue weighted by molar-refractivity contribution is 9.09. The lowest BCUT2D eigenvalue weighted by Gasteiger charge is -2.24. The molecule has 1 saturated carbocycles. The van der Waals surface area contributed by atoms with Gasteiger partial charge in [-0.3, -0.25) is 0 Å². The van der Waals surface area contributed by atoms with E-state index in [0.29, 0.717) is 5.41 Å². The molecule has 0 bridgehead atoms. The zero-order valence-corrected chi connectivity index (χ0v) is 9.46. The van der Waals surface area contributed by atoms with Crippen molar-refractivity contribution in [2.75, 3.05) is 5.33 Å². The summed E-state index contributed by atoms with van der Waals surface area (Å²) >= 11 is 5.58. The van der Waals surface area contributed by atoms with E-state index in [1.165, 1.54) is 25.7 Å². The lowest BCUT2D eigenvalue weighted by Crippen LogP contribution is -2.22. The average Bonchev–Trinajstić information content (AvgIpc) is 2.76. The smallest absolute Gasteiger partial charge is 0.0144 e. The summed E-state index contributed by atoms with van der Waals surface area (Å²) in [6.45, 7) is 0. The Kier molecular flexibility index (Phi) is 2.56. The molecule has 66 valence electrons. The molecule has 12 heavy (non-hydrogen) atoms. The van der Waals surface area contributed by atoms with Crippen LogP contribution in [0, 0.1) is 0 Å². The van der Waals surface area contributed by atoms with E-state index in [2.05, 4.69) is 33.4 Å². The van der Waals surface area contributed by atoms with Crippen molar-refractivity contribution in [3.8, 4) is 0 Å². The Hall–Kier alpha value is 0.180. The third kappa shape index (κ3) is 1.35. The van der Waals surface area contributed by atoms with Crippen LogP contribution in [0.1, 0.15) is 30.6 Å². The summed E-state index contributed by atoms with van der Waals surface area (Å²) in [5.74, 6) is 0. The molecule has 1 heterocycles. The maximum absolute atomic E-state index is 3.66. The molecular weight excluding hydrogens is 232 g/mol. The normalized spacial score (nSPS) is 21.4. The molecule has 1 aromatic rings. The predicted molar refractivity (Wildman–Crippen MR) is 58.3 cm³/mol. The minimum Gasteiger partial charge on any atom is -0.148 e. The van der Waals surface area contributed by atoms with Gasteiger partial charge in [0, 0.05) is 15.6 Å². The molecular formula is C10H13BrS. The summed E-state index contributed by atoms with van der Waals surface area (Å²) in [7, 11) is 0. The summed E-state index contributed by atoms with van der Waals surface area (Å²) in [4.78, 5) is 1.58. The van der Waals surface area contributed by atoms with Gasteiger partial charge < -0.3 is 0 Å². The van der Waals surface area contributed by atoms with Gasteiger partial charge in [0.15, 0.2) is 0 Å². The van der Waals surface area contributed by atoms with Gasteiger partial charge in [-0.1, -0.05) is 34.8 Å². The van der Waals surface area contributed by atoms with Crippen LogP contribution in [-0.2, 0) is 5.41 Å². The highest BCUT2D eigenvalue weighted by Crippen LogP contribution is 2.44. The van der Waals surface area contributed by atoms with Crippen molar-refractivity contribution in [2.45, 2.75) is 31.1 Å². The van der Waals surface area contributed by atoms with Crippen molar-refractivity contribution in [2.24, 2.45) is 0 Å². The van der Waals surface area contributed by atoms with Gasteiger partial charge in [-0.2, -0.15) is 0 Å². The lowest BCUT2D eigenvalue weighted by molar-refractivity contribution is 0.516. The summed E-state index contributed by atoms with van der Waals surface area (Å²) in [5.41, 5.74) is 0.494. The molecule has 0 atom stereocenters. The van der Waals surface area contributed by atoms with Crippen LogP contribution in [0.15, 0.2) is 17.5 Å². The van der Waals surface area contributed by atoms with Crippen molar-refractivity contribution in [3.63, 3.8) is 0 Å². The third-order valence-electron chi connectivity index (χ3n) is 2.86. The van der Waals surface area contributed by atoms with Gasteiger partial charge in [0.05, 0.1) is 0 Å². The van der Waals surface area contributed by atoms with Gasteiger partial charge in [0.1, 0.15) is 0 Å². The van der Waals surface area contributed by atoms with Crippen LogP contribution in [0.2, 0.25) is 0 Å². The zero-order chi connectivity index (χ0) is 8.44. The fourth-order valence-corrected chi connectivity index (χ4v) is 4.11. The molecule has 1 aromatic heterocycles. The van der Waals surface area contributed by atoms with Crippen LogP contribution in [0.25, 0.3) is 0 Å². The number of rotatable bonds is 2.